The van der Waals surface area contributed by atoms with Crippen molar-refractivity contribution in [1.29, 1.82) is 0 Å². The van der Waals surface area contributed by atoms with Crippen LogP contribution in [0.1, 0.15) is 31.7 Å². The molecule has 1 aliphatic rings. The number of morpholine rings is 1. The minimum absolute atomic E-state index is 0.155. The van der Waals surface area contributed by atoms with Crippen molar-refractivity contribution >= 4 is 27.3 Å². The monoisotopic (exact) mass is 445 g/mol. The number of ether oxygens (including phenoxy) is 1. The van der Waals surface area contributed by atoms with E-state index in [0.29, 0.717) is 25.3 Å². The molecule has 7 nitrogen and oxygen atoms in total. The summed E-state index contributed by atoms with van der Waals surface area (Å²) in [6.45, 7) is 6.99. The van der Waals surface area contributed by atoms with Crippen LogP contribution in [0.4, 0.5) is 11.4 Å². The Balaban J connectivity index is 1.68. The summed E-state index contributed by atoms with van der Waals surface area (Å²) in [5.41, 5.74) is 2.68. The summed E-state index contributed by atoms with van der Waals surface area (Å²) in [5.74, 6) is -0.358. The van der Waals surface area contributed by atoms with Gasteiger partial charge in [-0.25, -0.2) is 8.42 Å². The first-order valence-corrected chi connectivity index (χ1v) is 12.2. The third-order valence-electron chi connectivity index (χ3n) is 5.30. The number of anilines is 2. The molecule has 3 rings (SSSR count). The maximum absolute atomic E-state index is 12.9. The van der Waals surface area contributed by atoms with Gasteiger partial charge < -0.3 is 15.0 Å². The molecule has 168 valence electrons. The van der Waals surface area contributed by atoms with Crippen molar-refractivity contribution in [3.8, 4) is 0 Å². The van der Waals surface area contributed by atoms with E-state index in [-0.39, 0.29) is 10.8 Å². The number of nitrogens with one attached hydrogen (secondary N) is 2. The van der Waals surface area contributed by atoms with Gasteiger partial charge in [0, 0.05) is 24.5 Å². The zero-order valence-corrected chi connectivity index (χ0v) is 19.0. The lowest BCUT2D eigenvalue weighted by Crippen LogP contribution is -2.43. The van der Waals surface area contributed by atoms with Gasteiger partial charge in [0.15, 0.2) is 0 Å². The number of carbonyl (C=O) groups excluding carboxylic acids is 1. The summed E-state index contributed by atoms with van der Waals surface area (Å²) in [6, 6.07) is 13.3. The highest BCUT2D eigenvalue weighted by atomic mass is 32.2. The predicted molar refractivity (Wildman–Crippen MR) is 123 cm³/mol. The third kappa shape index (κ3) is 6.53. The Bertz CT molecular complexity index is 953. The number of nitrogens with zero attached hydrogens (tertiary/aromatic N) is 1. The second-order valence-electron chi connectivity index (χ2n) is 7.76. The van der Waals surface area contributed by atoms with Crippen molar-refractivity contribution in [3.63, 3.8) is 0 Å². The summed E-state index contributed by atoms with van der Waals surface area (Å²) in [6.07, 6.45) is 2.04. The SMILES string of the molecule is CCCCC(NS(=O)(=O)c1ccc(C)cc1)C(=O)Nc1ccc(N2CCOCC2)cc1. The Labute approximate surface area is 184 Å². The number of aryl methyl sites for hydroxylation is 1. The fourth-order valence-electron chi connectivity index (χ4n) is 3.43. The van der Waals surface area contributed by atoms with Crippen molar-refractivity contribution in [2.75, 3.05) is 36.5 Å². The van der Waals surface area contributed by atoms with Crippen molar-refractivity contribution in [2.45, 2.75) is 44.0 Å². The van der Waals surface area contributed by atoms with Gasteiger partial charge in [-0.3, -0.25) is 4.79 Å². The zero-order chi connectivity index (χ0) is 22.3. The summed E-state index contributed by atoms with van der Waals surface area (Å²) in [7, 11) is -3.79. The molecule has 1 atom stereocenters. The van der Waals surface area contributed by atoms with Gasteiger partial charge in [-0.2, -0.15) is 4.72 Å². The molecule has 0 bridgehead atoms. The van der Waals surface area contributed by atoms with Gasteiger partial charge in [0.25, 0.3) is 0 Å². The van der Waals surface area contributed by atoms with Crippen molar-refractivity contribution in [3.05, 3.63) is 54.1 Å². The second-order valence-corrected chi connectivity index (χ2v) is 9.48. The van der Waals surface area contributed by atoms with E-state index < -0.39 is 16.1 Å². The summed E-state index contributed by atoms with van der Waals surface area (Å²) < 4.78 is 33.5. The van der Waals surface area contributed by atoms with Crippen LogP contribution >= 0.6 is 0 Å². The fourth-order valence-corrected chi connectivity index (χ4v) is 4.66. The molecule has 1 unspecified atom stereocenters. The number of carbonyl (C=O) groups is 1. The Morgan fingerprint density at radius 3 is 2.32 bits per heavy atom. The van der Waals surface area contributed by atoms with Gasteiger partial charge in [-0.15, -0.1) is 0 Å². The average Bonchev–Trinajstić information content (AvgIpc) is 2.78. The standard InChI is InChI=1S/C23H31N3O4S/c1-3-4-5-22(25-31(28,29)21-12-6-18(2)7-13-21)23(27)24-19-8-10-20(11-9-19)26-14-16-30-17-15-26/h6-13,22,25H,3-5,14-17H2,1-2H3,(H,24,27). The number of rotatable bonds is 9. The van der Waals surface area contributed by atoms with E-state index in [9.17, 15) is 13.2 Å². The quantitative estimate of drug-likeness (QED) is 0.618. The lowest BCUT2D eigenvalue weighted by molar-refractivity contribution is -0.117. The molecule has 1 saturated heterocycles. The molecule has 1 amide bonds. The van der Waals surface area contributed by atoms with Gasteiger partial charge in [0.05, 0.1) is 18.1 Å². The Hall–Kier alpha value is -2.42. The molecular formula is C23H31N3O4S. The van der Waals surface area contributed by atoms with Gasteiger partial charge >= 0.3 is 0 Å². The number of hydrogen-bond donors (Lipinski definition) is 2. The molecule has 0 radical (unpaired) electrons. The molecule has 1 heterocycles. The first kappa shape index (κ1) is 23.2. The lowest BCUT2D eigenvalue weighted by Gasteiger charge is -2.29. The smallest absolute Gasteiger partial charge is 0.242 e. The molecule has 1 fully saturated rings. The molecule has 0 aromatic heterocycles. The average molecular weight is 446 g/mol. The third-order valence-corrected chi connectivity index (χ3v) is 6.79. The van der Waals surface area contributed by atoms with E-state index in [4.69, 9.17) is 4.74 Å². The number of benzene rings is 2. The molecule has 2 N–H and O–H groups in total. The fraction of sp³-hybridized carbons (Fsp3) is 0.435. The largest absolute Gasteiger partial charge is 0.378 e. The van der Waals surface area contributed by atoms with Crippen LogP contribution in [-0.4, -0.2) is 46.7 Å². The Morgan fingerprint density at radius 2 is 1.71 bits per heavy atom. The van der Waals surface area contributed by atoms with Crippen LogP contribution in [-0.2, 0) is 19.6 Å². The molecule has 8 heteroatoms. The van der Waals surface area contributed by atoms with Crippen molar-refractivity contribution in [2.24, 2.45) is 0 Å². The van der Waals surface area contributed by atoms with Gasteiger partial charge in [0.1, 0.15) is 6.04 Å². The van der Waals surface area contributed by atoms with Crippen LogP contribution < -0.4 is 14.9 Å². The Morgan fingerprint density at radius 1 is 1.06 bits per heavy atom. The topological polar surface area (TPSA) is 87.7 Å². The van der Waals surface area contributed by atoms with Gasteiger partial charge in [-0.05, 0) is 49.7 Å². The number of sulfonamides is 1. The van der Waals surface area contributed by atoms with Crippen molar-refractivity contribution < 1.29 is 17.9 Å². The van der Waals surface area contributed by atoms with Crippen LogP contribution in [0, 0.1) is 6.92 Å². The maximum atomic E-state index is 12.9. The highest BCUT2D eigenvalue weighted by Crippen LogP contribution is 2.20. The van der Waals surface area contributed by atoms with Crippen LogP contribution in [0.15, 0.2) is 53.4 Å². The van der Waals surface area contributed by atoms with E-state index in [1.165, 1.54) is 0 Å². The van der Waals surface area contributed by atoms with Crippen LogP contribution in [0.2, 0.25) is 0 Å². The predicted octanol–water partition coefficient (Wildman–Crippen LogP) is 3.31. The number of unbranched alkanes of at least 4 members (excludes halogenated alkanes) is 1. The van der Waals surface area contributed by atoms with Crippen LogP contribution in [0.3, 0.4) is 0 Å². The first-order chi connectivity index (χ1) is 14.9. The number of amides is 1. The normalized spacial score (nSPS) is 15.5. The van der Waals surface area contributed by atoms with Crippen molar-refractivity contribution in [1.82, 2.24) is 4.72 Å². The number of hydrogen-bond acceptors (Lipinski definition) is 5. The highest BCUT2D eigenvalue weighted by molar-refractivity contribution is 7.89. The molecule has 2 aromatic rings. The lowest BCUT2D eigenvalue weighted by atomic mass is 10.1. The second kappa shape index (κ2) is 10.7. The van der Waals surface area contributed by atoms with E-state index >= 15 is 0 Å². The van der Waals surface area contributed by atoms with E-state index in [0.717, 1.165) is 37.2 Å². The van der Waals surface area contributed by atoms with Gasteiger partial charge in [-0.1, -0.05) is 37.5 Å². The molecule has 0 spiro atoms. The molecule has 0 aliphatic carbocycles. The minimum atomic E-state index is -3.79. The molecule has 2 aromatic carbocycles. The first-order valence-electron chi connectivity index (χ1n) is 10.7. The highest BCUT2D eigenvalue weighted by Gasteiger charge is 2.25. The van der Waals surface area contributed by atoms with E-state index in [1.807, 2.05) is 38.1 Å². The molecule has 1 aliphatic heterocycles. The van der Waals surface area contributed by atoms with Crippen LogP contribution in [0.5, 0.6) is 0 Å². The minimum Gasteiger partial charge on any atom is -0.378 e. The summed E-state index contributed by atoms with van der Waals surface area (Å²) >= 11 is 0. The van der Waals surface area contributed by atoms with E-state index in [2.05, 4.69) is 14.9 Å². The molecular weight excluding hydrogens is 414 g/mol. The summed E-state index contributed by atoms with van der Waals surface area (Å²) in [5, 5.41) is 2.86. The van der Waals surface area contributed by atoms with Gasteiger partial charge in [0.2, 0.25) is 15.9 Å². The molecule has 31 heavy (non-hydrogen) atoms. The Kier molecular flexibility index (Phi) is 8.06. The maximum Gasteiger partial charge on any atom is 0.242 e. The molecule has 0 saturated carbocycles. The summed E-state index contributed by atoms with van der Waals surface area (Å²) in [4.78, 5) is 15.3. The van der Waals surface area contributed by atoms with Crippen LogP contribution in [0.25, 0.3) is 0 Å². The van der Waals surface area contributed by atoms with E-state index in [1.54, 1.807) is 24.3 Å². The zero-order valence-electron chi connectivity index (χ0n) is 18.1.